The minimum absolute atomic E-state index is 0.210. The van der Waals surface area contributed by atoms with Gasteiger partial charge in [0.15, 0.2) is 0 Å². The molecule has 0 radical (unpaired) electrons. The zero-order chi connectivity index (χ0) is 16.5. The quantitative estimate of drug-likeness (QED) is 0.861. The van der Waals surface area contributed by atoms with Crippen LogP contribution in [0.25, 0.3) is 0 Å². The van der Waals surface area contributed by atoms with Gasteiger partial charge in [0.2, 0.25) is 5.91 Å². The highest BCUT2D eigenvalue weighted by Crippen LogP contribution is 2.32. The molecule has 0 aliphatic carbocycles. The molecule has 1 unspecified atom stereocenters. The first-order chi connectivity index (χ1) is 10.2. The first-order valence-electron chi connectivity index (χ1n) is 8.37. The van der Waals surface area contributed by atoms with Gasteiger partial charge < -0.3 is 10.2 Å². The molecule has 0 aromatic carbocycles. The van der Waals surface area contributed by atoms with Crippen LogP contribution in [0.4, 0.5) is 8.78 Å². The number of halogens is 2. The second-order valence-electron chi connectivity index (χ2n) is 7.27. The van der Waals surface area contributed by atoms with Crippen LogP contribution in [-0.2, 0) is 4.79 Å². The molecule has 0 saturated carbocycles. The monoisotopic (exact) mass is 317 g/mol. The van der Waals surface area contributed by atoms with Crippen molar-refractivity contribution in [3.63, 3.8) is 0 Å². The Balaban J connectivity index is 1.91. The predicted molar refractivity (Wildman–Crippen MR) is 83.0 cm³/mol. The number of hydrogen-bond acceptors (Lipinski definition) is 3. The lowest BCUT2D eigenvalue weighted by atomic mass is 10.0. The van der Waals surface area contributed by atoms with Gasteiger partial charge in [0.25, 0.3) is 5.92 Å². The van der Waals surface area contributed by atoms with Crippen molar-refractivity contribution in [1.29, 1.82) is 0 Å². The summed E-state index contributed by atoms with van der Waals surface area (Å²) in [5.41, 5.74) is 0. The summed E-state index contributed by atoms with van der Waals surface area (Å²) in [4.78, 5) is 16.0. The lowest BCUT2D eigenvalue weighted by Crippen LogP contribution is -2.48. The maximum atomic E-state index is 14.2. The highest BCUT2D eigenvalue weighted by Gasteiger charge is 2.50. The Bertz CT molecular complexity index is 393. The Morgan fingerprint density at radius 1 is 1.18 bits per heavy atom. The van der Waals surface area contributed by atoms with Gasteiger partial charge in [0, 0.05) is 24.5 Å². The predicted octanol–water partition coefficient (Wildman–Crippen LogP) is 1.95. The van der Waals surface area contributed by atoms with E-state index < -0.39 is 12.0 Å². The van der Waals surface area contributed by atoms with Crippen LogP contribution in [0, 0.1) is 5.92 Å². The van der Waals surface area contributed by atoms with Gasteiger partial charge in [-0.2, -0.15) is 0 Å². The Kier molecular flexibility index (Phi) is 5.43. The first kappa shape index (κ1) is 17.6. The van der Waals surface area contributed by atoms with E-state index >= 15 is 0 Å². The van der Waals surface area contributed by atoms with Crippen molar-refractivity contribution in [2.45, 2.75) is 64.6 Å². The molecule has 2 aliphatic heterocycles. The summed E-state index contributed by atoms with van der Waals surface area (Å²) in [5.74, 6) is -3.39. The van der Waals surface area contributed by atoms with Gasteiger partial charge in [-0.25, -0.2) is 8.78 Å². The summed E-state index contributed by atoms with van der Waals surface area (Å²) in [6.45, 7) is 9.74. The lowest BCUT2D eigenvalue weighted by Gasteiger charge is -2.38. The first-order valence-corrected chi connectivity index (χ1v) is 8.37. The van der Waals surface area contributed by atoms with E-state index in [4.69, 9.17) is 0 Å². The molecule has 0 bridgehead atoms. The van der Waals surface area contributed by atoms with Crippen LogP contribution in [0.1, 0.15) is 40.5 Å². The number of alkyl halides is 2. The molecule has 4 nitrogen and oxygen atoms in total. The van der Waals surface area contributed by atoms with E-state index in [1.54, 1.807) is 13.8 Å². The van der Waals surface area contributed by atoms with Crippen LogP contribution < -0.4 is 5.32 Å². The smallest absolute Gasteiger partial charge is 0.281 e. The zero-order valence-corrected chi connectivity index (χ0v) is 14.1. The fourth-order valence-corrected chi connectivity index (χ4v) is 3.35. The maximum Gasteiger partial charge on any atom is 0.281 e. The van der Waals surface area contributed by atoms with Crippen molar-refractivity contribution < 1.29 is 13.6 Å². The van der Waals surface area contributed by atoms with Crippen molar-refractivity contribution in [2.75, 3.05) is 26.2 Å². The third-order valence-electron chi connectivity index (χ3n) is 4.93. The molecule has 6 heteroatoms. The molecule has 2 fully saturated rings. The minimum Gasteiger partial charge on any atom is -0.346 e. The SMILES string of the molecule is CC(C)C(=O)NC1CN(C2CCN(C(C)C)CC2)CC1(F)F. The number of rotatable bonds is 4. The van der Waals surface area contributed by atoms with Gasteiger partial charge in [0.1, 0.15) is 6.04 Å². The van der Waals surface area contributed by atoms with E-state index in [1.165, 1.54) is 0 Å². The van der Waals surface area contributed by atoms with Crippen molar-refractivity contribution in [3.8, 4) is 0 Å². The Hall–Kier alpha value is -0.750. The largest absolute Gasteiger partial charge is 0.346 e. The number of piperidine rings is 1. The number of nitrogens with one attached hydrogen (secondary N) is 1. The van der Waals surface area contributed by atoms with Crippen LogP contribution >= 0.6 is 0 Å². The minimum atomic E-state index is -2.83. The van der Waals surface area contributed by atoms with E-state index in [0.717, 1.165) is 25.9 Å². The van der Waals surface area contributed by atoms with Crippen molar-refractivity contribution in [1.82, 2.24) is 15.1 Å². The van der Waals surface area contributed by atoms with Crippen molar-refractivity contribution in [2.24, 2.45) is 5.92 Å². The molecule has 1 N–H and O–H groups in total. The van der Waals surface area contributed by atoms with Gasteiger partial charge in [-0.3, -0.25) is 9.69 Å². The standard InChI is InChI=1S/C16H29F2N3O/c1-11(2)15(22)19-14-9-21(10-16(14,17)18)13-5-7-20(8-6-13)12(3)4/h11-14H,5-10H2,1-4H3,(H,19,22). The van der Waals surface area contributed by atoms with Crippen LogP contribution in [0.5, 0.6) is 0 Å². The number of hydrogen-bond donors (Lipinski definition) is 1. The van der Waals surface area contributed by atoms with Crippen molar-refractivity contribution >= 4 is 5.91 Å². The zero-order valence-electron chi connectivity index (χ0n) is 14.1. The maximum absolute atomic E-state index is 14.2. The number of amides is 1. The van der Waals surface area contributed by atoms with E-state index in [-0.39, 0.29) is 31.0 Å². The number of carbonyl (C=O) groups excluding carboxylic acids is 1. The molecule has 0 aromatic heterocycles. The summed E-state index contributed by atoms with van der Waals surface area (Å²) >= 11 is 0. The highest BCUT2D eigenvalue weighted by molar-refractivity contribution is 5.78. The highest BCUT2D eigenvalue weighted by atomic mass is 19.3. The fraction of sp³-hybridized carbons (Fsp3) is 0.938. The van der Waals surface area contributed by atoms with Crippen molar-refractivity contribution in [3.05, 3.63) is 0 Å². The molecule has 2 aliphatic rings. The summed E-state index contributed by atoms with van der Waals surface area (Å²) in [6, 6.07) is -0.327. The second kappa shape index (κ2) is 6.79. The molecule has 2 rings (SSSR count). The topological polar surface area (TPSA) is 35.6 Å². The second-order valence-corrected chi connectivity index (χ2v) is 7.27. The van der Waals surface area contributed by atoms with Gasteiger partial charge in [0.05, 0.1) is 6.54 Å². The number of likely N-dealkylation sites (tertiary alicyclic amines) is 2. The Labute approximate surface area is 132 Å². The molecular weight excluding hydrogens is 288 g/mol. The molecule has 2 heterocycles. The van der Waals surface area contributed by atoms with E-state index in [0.29, 0.717) is 6.04 Å². The van der Waals surface area contributed by atoms with Crippen LogP contribution in [-0.4, -0.2) is 65.9 Å². The van der Waals surface area contributed by atoms with E-state index in [2.05, 4.69) is 24.1 Å². The molecule has 1 amide bonds. The van der Waals surface area contributed by atoms with Crippen LogP contribution in [0.3, 0.4) is 0 Å². The third kappa shape index (κ3) is 3.96. The summed E-state index contributed by atoms with van der Waals surface area (Å²) in [6.07, 6.45) is 1.86. The molecule has 0 aromatic rings. The molecule has 128 valence electrons. The van der Waals surface area contributed by atoms with Gasteiger partial charge >= 0.3 is 0 Å². The Morgan fingerprint density at radius 2 is 1.77 bits per heavy atom. The third-order valence-corrected chi connectivity index (χ3v) is 4.93. The fourth-order valence-electron chi connectivity index (χ4n) is 3.35. The van der Waals surface area contributed by atoms with E-state index in [9.17, 15) is 13.6 Å². The number of carbonyl (C=O) groups is 1. The normalized spacial score (nSPS) is 27.7. The van der Waals surface area contributed by atoms with E-state index in [1.807, 2.05) is 4.90 Å². The average Bonchev–Trinajstić information content (AvgIpc) is 2.74. The summed E-state index contributed by atoms with van der Waals surface area (Å²) in [5, 5.41) is 2.52. The Morgan fingerprint density at radius 3 is 2.27 bits per heavy atom. The lowest BCUT2D eigenvalue weighted by molar-refractivity contribution is -0.127. The van der Waals surface area contributed by atoms with Gasteiger partial charge in [-0.1, -0.05) is 13.8 Å². The molecule has 0 spiro atoms. The molecule has 22 heavy (non-hydrogen) atoms. The van der Waals surface area contributed by atoms with Crippen LogP contribution in [0.2, 0.25) is 0 Å². The van der Waals surface area contributed by atoms with Gasteiger partial charge in [-0.05, 0) is 39.8 Å². The average molecular weight is 317 g/mol. The summed E-state index contributed by atoms with van der Waals surface area (Å²) in [7, 11) is 0. The molecular formula is C16H29F2N3O. The number of nitrogens with zero attached hydrogens (tertiary/aromatic N) is 2. The van der Waals surface area contributed by atoms with Crippen LogP contribution in [0.15, 0.2) is 0 Å². The van der Waals surface area contributed by atoms with Gasteiger partial charge in [-0.15, -0.1) is 0 Å². The molecule has 2 saturated heterocycles. The summed E-state index contributed by atoms with van der Waals surface area (Å²) < 4.78 is 28.4. The molecule has 1 atom stereocenters.